The zero-order valence-electron chi connectivity index (χ0n) is 12.7. The highest BCUT2D eigenvalue weighted by Crippen LogP contribution is 2.13. The molecule has 1 heterocycles. The van der Waals surface area contributed by atoms with Gasteiger partial charge in [-0.05, 0) is 31.4 Å². The Morgan fingerprint density at radius 1 is 1.42 bits per heavy atom. The number of carbonyl (C=O) groups is 1. The second-order valence-electron chi connectivity index (χ2n) is 5.39. The van der Waals surface area contributed by atoms with Crippen LogP contribution in [0.15, 0.2) is 12.1 Å². The molecule has 0 fully saturated rings. The van der Waals surface area contributed by atoms with Crippen molar-refractivity contribution in [3.05, 3.63) is 23.4 Å². The SMILES string of the molecule is CCCNc1cc(C(=O)N(C)CC(C)C)cc(C)n1. The van der Waals surface area contributed by atoms with Crippen molar-refractivity contribution in [1.82, 2.24) is 9.88 Å². The largest absolute Gasteiger partial charge is 0.370 e. The molecule has 0 aliphatic rings. The predicted octanol–water partition coefficient (Wildman–Crippen LogP) is 2.94. The molecule has 0 unspecified atom stereocenters. The van der Waals surface area contributed by atoms with Crippen molar-refractivity contribution in [1.29, 1.82) is 0 Å². The van der Waals surface area contributed by atoms with Crippen molar-refractivity contribution < 1.29 is 4.79 Å². The molecule has 0 saturated carbocycles. The molecule has 4 heteroatoms. The standard InChI is InChI=1S/C15H25N3O/c1-6-7-16-14-9-13(8-12(4)17-14)15(19)18(5)10-11(2)3/h8-9,11H,6-7,10H2,1-5H3,(H,16,17). The zero-order valence-corrected chi connectivity index (χ0v) is 12.7. The van der Waals surface area contributed by atoms with Gasteiger partial charge in [0, 0.05) is 31.4 Å². The summed E-state index contributed by atoms with van der Waals surface area (Å²) in [7, 11) is 1.84. The van der Waals surface area contributed by atoms with E-state index in [2.05, 4.69) is 31.1 Å². The summed E-state index contributed by atoms with van der Waals surface area (Å²) in [5.74, 6) is 1.30. The van der Waals surface area contributed by atoms with Gasteiger partial charge in [-0.1, -0.05) is 20.8 Å². The number of anilines is 1. The predicted molar refractivity (Wildman–Crippen MR) is 79.6 cm³/mol. The maximum atomic E-state index is 12.3. The summed E-state index contributed by atoms with van der Waals surface area (Å²) in [6, 6.07) is 3.68. The van der Waals surface area contributed by atoms with Gasteiger partial charge in [0.1, 0.15) is 5.82 Å². The van der Waals surface area contributed by atoms with E-state index in [-0.39, 0.29) is 5.91 Å². The fraction of sp³-hybridized carbons (Fsp3) is 0.600. The smallest absolute Gasteiger partial charge is 0.253 e. The average Bonchev–Trinajstić information content (AvgIpc) is 2.33. The highest BCUT2D eigenvalue weighted by Gasteiger charge is 2.14. The molecular formula is C15H25N3O. The van der Waals surface area contributed by atoms with Crippen LogP contribution in [0.25, 0.3) is 0 Å². The zero-order chi connectivity index (χ0) is 14.4. The highest BCUT2D eigenvalue weighted by molar-refractivity contribution is 5.94. The molecule has 0 radical (unpaired) electrons. The summed E-state index contributed by atoms with van der Waals surface area (Å²) in [6.07, 6.45) is 1.03. The van der Waals surface area contributed by atoms with Gasteiger partial charge in [0.2, 0.25) is 0 Å². The molecule has 0 spiro atoms. The molecule has 106 valence electrons. The Hall–Kier alpha value is -1.58. The molecule has 1 aromatic heterocycles. The van der Waals surface area contributed by atoms with Crippen molar-refractivity contribution in [2.75, 3.05) is 25.5 Å². The van der Waals surface area contributed by atoms with Crippen molar-refractivity contribution in [2.24, 2.45) is 5.92 Å². The van der Waals surface area contributed by atoms with Gasteiger partial charge in [0.05, 0.1) is 0 Å². The van der Waals surface area contributed by atoms with Gasteiger partial charge in [0.15, 0.2) is 0 Å². The number of pyridine rings is 1. The fourth-order valence-electron chi connectivity index (χ4n) is 1.99. The van der Waals surface area contributed by atoms with Crippen LogP contribution < -0.4 is 5.32 Å². The van der Waals surface area contributed by atoms with Gasteiger partial charge < -0.3 is 10.2 Å². The maximum Gasteiger partial charge on any atom is 0.253 e. The van der Waals surface area contributed by atoms with Crippen LogP contribution in [0.5, 0.6) is 0 Å². The Balaban J connectivity index is 2.87. The Kier molecular flexibility index (Phi) is 5.80. The molecule has 1 rings (SSSR count). The number of amides is 1. The van der Waals surface area contributed by atoms with Crippen molar-refractivity contribution in [2.45, 2.75) is 34.1 Å². The molecule has 1 amide bonds. The van der Waals surface area contributed by atoms with E-state index < -0.39 is 0 Å². The third-order valence-corrected chi connectivity index (χ3v) is 2.74. The first-order chi connectivity index (χ1) is 8.93. The Morgan fingerprint density at radius 2 is 2.11 bits per heavy atom. The van der Waals surface area contributed by atoms with Gasteiger partial charge in [0.25, 0.3) is 5.91 Å². The van der Waals surface area contributed by atoms with E-state index in [1.54, 1.807) is 4.90 Å². The normalized spacial score (nSPS) is 10.6. The molecule has 0 aliphatic heterocycles. The number of hydrogen-bond donors (Lipinski definition) is 1. The number of aromatic nitrogens is 1. The molecule has 0 aromatic carbocycles. The first-order valence-corrected chi connectivity index (χ1v) is 6.92. The molecule has 1 N–H and O–H groups in total. The van der Waals surface area contributed by atoms with Crippen molar-refractivity contribution >= 4 is 11.7 Å². The first-order valence-electron chi connectivity index (χ1n) is 6.92. The molecule has 0 aliphatic carbocycles. The number of nitrogens with one attached hydrogen (secondary N) is 1. The average molecular weight is 263 g/mol. The summed E-state index contributed by atoms with van der Waals surface area (Å²) < 4.78 is 0. The minimum absolute atomic E-state index is 0.0544. The Bertz CT molecular complexity index is 429. The van der Waals surface area contributed by atoms with Crippen LogP contribution in [0.2, 0.25) is 0 Å². The van der Waals surface area contributed by atoms with Crippen LogP contribution in [0, 0.1) is 12.8 Å². The van der Waals surface area contributed by atoms with E-state index in [4.69, 9.17) is 0 Å². The summed E-state index contributed by atoms with van der Waals surface area (Å²) in [6.45, 7) is 9.86. The quantitative estimate of drug-likeness (QED) is 0.858. The van der Waals surface area contributed by atoms with Crippen LogP contribution in [0.1, 0.15) is 43.2 Å². The fourth-order valence-corrected chi connectivity index (χ4v) is 1.99. The summed E-state index contributed by atoms with van der Waals surface area (Å²) in [4.78, 5) is 18.5. The van der Waals surface area contributed by atoms with E-state index in [1.165, 1.54) is 0 Å². The maximum absolute atomic E-state index is 12.3. The highest BCUT2D eigenvalue weighted by atomic mass is 16.2. The number of carbonyl (C=O) groups excluding carboxylic acids is 1. The van der Waals surface area contributed by atoms with Gasteiger partial charge in [-0.15, -0.1) is 0 Å². The second-order valence-corrected chi connectivity index (χ2v) is 5.39. The summed E-state index contributed by atoms with van der Waals surface area (Å²) in [5.41, 5.74) is 1.57. The van der Waals surface area contributed by atoms with Crippen molar-refractivity contribution in [3.63, 3.8) is 0 Å². The molecule has 4 nitrogen and oxygen atoms in total. The molecule has 0 bridgehead atoms. The van der Waals surface area contributed by atoms with E-state index >= 15 is 0 Å². The number of aryl methyl sites for hydroxylation is 1. The van der Waals surface area contributed by atoms with Gasteiger partial charge >= 0.3 is 0 Å². The lowest BCUT2D eigenvalue weighted by atomic mass is 10.1. The van der Waals surface area contributed by atoms with Gasteiger partial charge in [-0.25, -0.2) is 4.98 Å². The lowest BCUT2D eigenvalue weighted by Crippen LogP contribution is -2.30. The third-order valence-electron chi connectivity index (χ3n) is 2.74. The van der Waals surface area contributed by atoms with Crippen LogP contribution in [0.4, 0.5) is 5.82 Å². The molecule has 0 atom stereocenters. The minimum Gasteiger partial charge on any atom is -0.370 e. The van der Waals surface area contributed by atoms with E-state index in [0.29, 0.717) is 11.5 Å². The van der Waals surface area contributed by atoms with Crippen LogP contribution in [-0.4, -0.2) is 35.9 Å². The topological polar surface area (TPSA) is 45.2 Å². The minimum atomic E-state index is 0.0544. The van der Waals surface area contributed by atoms with Crippen LogP contribution in [-0.2, 0) is 0 Å². The molecule has 1 aromatic rings. The molecule has 19 heavy (non-hydrogen) atoms. The second kappa shape index (κ2) is 7.12. The lowest BCUT2D eigenvalue weighted by Gasteiger charge is -2.20. The monoisotopic (exact) mass is 263 g/mol. The first kappa shape index (κ1) is 15.5. The van der Waals surface area contributed by atoms with Crippen molar-refractivity contribution in [3.8, 4) is 0 Å². The van der Waals surface area contributed by atoms with Crippen LogP contribution in [0.3, 0.4) is 0 Å². The molecule has 0 saturated heterocycles. The van der Waals surface area contributed by atoms with E-state index in [0.717, 1.165) is 31.0 Å². The molecular weight excluding hydrogens is 238 g/mol. The van der Waals surface area contributed by atoms with Gasteiger partial charge in [-0.2, -0.15) is 0 Å². The Morgan fingerprint density at radius 3 is 2.68 bits per heavy atom. The third kappa shape index (κ3) is 4.89. The van der Waals surface area contributed by atoms with Crippen LogP contribution >= 0.6 is 0 Å². The number of nitrogens with zero attached hydrogens (tertiary/aromatic N) is 2. The summed E-state index contributed by atoms with van der Waals surface area (Å²) in [5, 5.41) is 3.23. The van der Waals surface area contributed by atoms with E-state index in [1.807, 2.05) is 26.1 Å². The summed E-state index contributed by atoms with van der Waals surface area (Å²) >= 11 is 0. The van der Waals surface area contributed by atoms with E-state index in [9.17, 15) is 4.79 Å². The number of rotatable bonds is 6. The van der Waals surface area contributed by atoms with Gasteiger partial charge in [-0.3, -0.25) is 4.79 Å². The number of hydrogen-bond acceptors (Lipinski definition) is 3. The Labute approximate surface area is 116 Å². The lowest BCUT2D eigenvalue weighted by molar-refractivity contribution is 0.0779.